The van der Waals surface area contributed by atoms with Crippen molar-refractivity contribution in [1.29, 1.82) is 0 Å². The van der Waals surface area contributed by atoms with Crippen molar-refractivity contribution in [2.75, 3.05) is 18.1 Å². The van der Waals surface area contributed by atoms with Crippen molar-refractivity contribution in [1.82, 2.24) is 10.2 Å². The molecule has 0 aromatic heterocycles. The largest absolute Gasteiger partial charge is 0.453 e. The first-order valence-electron chi connectivity index (χ1n) is 6.22. The summed E-state index contributed by atoms with van der Waals surface area (Å²) in [6, 6.07) is -0.195. The van der Waals surface area contributed by atoms with Crippen molar-refractivity contribution in [3.63, 3.8) is 0 Å². The number of nitrogens with zero attached hydrogens (tertiary/aromatic N) is 1. The third kappa shape index (κ3) is 3.73. The molecule has 1 heterocycles. The van der Waals surface area contributed by atoms with Crippen LogP contribution in [-0.2, 0) is 9.53 Å². The number of rotatable bonds is 4. The number of alkyl halides is 1. The van der Waals surface area contributed by atoms with Crippen molar-refractivity contribution in [2.24, 2.45) is 5.92 Å². The van der Waals surface area contributed by atoms with Crippen molar-refractivity contribution in [3.8, 4) is 0 Å². The fraction of sp³-hybridized carbons (Fsp3) is 0.833. The first kappa shape index (κ1) is 15.5. The maximum atomic E-state index is 12.5. The van der Waals surface area contributed by atoms with E-state index >= 15 is 0 Å². The van der Waals surface area contributed by atoms with Gasteiger partial charge in [-0.3, -0.25) is 4.79 Å². The molecule has 0 bridgehead atoms. The van der Waals surface area contributed by atoms with Gasteiger partial charge in [-0.15, -0.1) is 0 Å². The number of alkyl carbamates (subject to hydrolysis) is 1. The first-order valence-corrected chi connectivity index (χ1v) is 7.74. The number of hydrogen-bond donors (Lipinski definition) is 1. The summed E-state index contributed by atoms with van der Waals surface area (Å²) < 4.78 is 5.51. The monoisotopic (exact) mass is 368 g/mol. The van der Waals surface area contributed by atoms with E-state index in [4.69, 9.17) is 0 Å². The molecule has 1 aliphatic rings. The van der Waals surface area contributed by atoms with Gasteiger partial charge >= 0.3 is 6.09 Å². The highest BCUT2D eigenvalue weighted by atomic mass is 127. The molecule has 0 aromatic rings. The van der Waals surface area contributed by atoms with Gasteiger partial charge in [-0.25, -0.2) is 4.79 Å². The molecule has 5 nitrogen and oxygen atoms in total. The number of carbonyl (C=O) groups excluding carboxylic acids is 2. The van der Waals surface area contributed by atoms with Crippen LogP contribution >= 0.6 is 22.6 Å². The molecule has 1 saturated heterocycles. The lowest BCUT2D eigenvalue weighted by Gasteiger charge is -2.30. The number of ether oxygens (including phenoxy) is 1. The number of hydrogen-bond acceptors (Lipinski definition) is 3. The Bertz CT molecular complexity index is 310. The van der Waals surface area contributed by atoms with Gasteiger partial charge in [0, 0.05) is 17.0 Å². The fourth-order valence-corrected chi connectivity index (χ4v) is 3.08. The molecule has 18 heavy (non-hydrogen) atoms. The summed E-state index contributed by atoms with van der Waals surface area (Å²) in [6.07, 6.45) is 1.55. The van der Waals surface area contributed by atoms with Crippen LogP contribution in [0.15, 0.2) is 0 Å². The maximum absolute atomic E-state index is 12.5. The molecular formula is C12H21IN2O3. The average Bonchev–Trinajstić information content (AvgIpc) is 2.82. The second-order valence-corrected chi connectivity index (χ2v) is 5.72. The zero-order valence-corrected chi connectivity index (χ0v) is 13.3. The summed E-state index contributed by atoms with van der Waals surface area (Å²) in [4.78, 5) is 25.6. The third-order valence-electron chi connectivity index (χ3n) is 3.23. The maximum Gasteiger partial charge on any atom is 0.407 e. The molecule has 0 aromatic carbocycles. The van der Waals surface area contributed by atoms with Gasteiger partial charge in [-0.1, -0.05) is 36.4 Å². The molecule has 1 aliphatic heterocycles. The van der Waals surface area contributed by atoms with Gasteiger partial charge in [0.25, 0.3) is 0 Å². The normalized spacial score (nSPS) is 20.9. The van der Waals surface area contributed by atoms with Crippen LogP contribution in [0, 0.1) is 5.92 Å². The van der Waals surface area contributed by atoms with Crippen molar-refractivity contribution in [2.45, 2.75) is 38.8 Å². The van der Waals surface area contributed by atoms with Gasteiger partial charge in [0.1, 0.15) is 6.04 Å². The SMILES string of the molecule is COC(=O)N[C@H](C(=O)N1CCC[C@H]1CI)C(C)C. The molecule has 6 heteroatoms. The zero-order chi connectivity index (χ0) is 13.7. The number of methoxy groups -OCH3 is 1. The van der Waals surface area contributed by atoms with Crippen LogP contribution < -0.4 is 5.32 Å². The number of nitrogens with one attached hydrogen (secondary N) is 1. The average molecular weight is 368 g/mol. The van der Waals surface area contributed by atoms with Gasteiger partial charge in [0.15, 0.2) is 0 Å². The van der Waals surface area contributed by atoms with Crippen LogP contribution in [0.2, 0.25) is 0 Å². The molecule has 0 saturated carbocycles. The summed E-state index contributed by atoms with van der Waals surface area (Å²) >= 11 is 2.31. The molecular weight excluding hydrogens is 347 g/mol. The molecule has 1 rings (SSSR count). The van der Waals surface area contributed by atoms with Gasteiger partial charge < -0.3 is 15.0 Å². The summed E-state index contributed by atoms with van der Waals surface area (Å²) in [6.45, 7) is 4.64. The second-order valence-electron chi connectivity index (χ2n) is 4.84. The van der Waals surface area contributed by atoms with E-state index in [9.17, 15) is 9.59 Å². The standard InChI is InChI=1S/C12H21IN2O3/c1-8(2)10(14-12(17)18-3)11(16)15-6-4-5-9(15)7-13/h8-10H,4-7H2,1-3H3,(H,14,17)/t9-,10-/m0/s1. The third-order valence-corrected chi connectivity index (χ3v) is 4.25. The van der Waals surface area contributed by atoms with Crippen LogP contribution in [0.3, 0.4) is 0 Å². The topological polar surface area (TPSA) is 58.6 Å². The number of amides is 2. The van der Waals surface area contributed by atoms with Crippen molar-refractivity contribution in [3.05, 3.63) is 0 Å². The molecule has 0 unspecified atom stereocenters. The summed E-state index contributed by atoms with van der Waals surface area (Å²) in [7, 11) is 1.31. The van der Waals surface area contributed by atoms with Gasteiger partial charge in [-0.2, -0.15) is 0 Å². The molecule has 1 N–H and O–H groups in total. The molecule has 1 fully saturated rings. The van der Waals surface area contributed by atoms with Crippen molar-refractivity contribution >= 4 is 34.6 Å². The molecule has 0 radical (unpaired) electrons. The highest BCUT2D eigenvalue weighted by Crippen LogP contribution is 2.21. The fourth-order valence-electron chi connectivity index (χ4n) is 2.16. The van der Waals surface area contributed by atoms with Crippen LogP contribution in [0.25, 0.3) is 0 Å². The van der Waals surface area contributed by atoms with Crippen LogP contribution in [0.1, 0.15) is 26.7 Å². The molecule has 0 spiro atoms. The molecule has 0 aliphatic carbocycles. The minimum Gasteiger partial charge on any atom is -0.453 e. The van der Waals surface area contributed by atoms with E-state index < -0.39 is 12.1 Å². The van der Waals surface area contributed by atoms with E-state index in [1.165, 1.54) is 7.11 Å². The highest BCUT2D eigenvalue weighted by Gasteiger charge is 2.34. The predicted molar refractivity (Wildman–Crippen MR) is 77.8 cm³/mol. The minimum atomic E-state index is -0.549. The quantitative estimate of drug-likeness (QED) is 0.608. The molecule has 2 atom stereocenters. The number of halogens is 1. The smallest absolute Gasteiger partial charge is 0.407 e. The lowest BCUT2D eigenvalue weighted by atomic mass is 10.0. The van der Waals surface area contributed by atoms with Gasteiger partial charge in [0.05, 0.1) is 7.11 Å². The Morgan fingerprint density at radius 3 is 2.67 bits per heavy atom. The van der Waals surface area contributed by atoms with E-state index in [0.29, 0.717) is 6.04 Å². The van der Waals surface area contributed by atoms with E-state index in [2.05, 4.69) is 32.6 Å². The Morgan fingerprint density at radius 1 is 1.50 bits per heavy atom. The lowest BCUT2D eigenvalue weighted by molar-refractivity contribution is -0.134. The van der Waals surface area contributed by atoms with E-state index in [0.717, 1.165) is 23.8 Å². The van der Waals surface area contributed by atoms with Crippen molar-refractivity contribution < 1.29 is 14.3 Å². The van der Waals surface area contributed by atoms with Gasteiger partial charge in [-0.05, 0) is 18.8 Å². The Balaban J connectivity index is 2.73. The Hall–Kier alpha value is -0.530. The number of likely N-dealkylation sites (tertiary alicyclic amines) is 1. The van der Waals surface area contributed by atoms with Gasteiger partial charge in [0.2, 0.25) is 5.91 Å². The van der Waals surface area contributed by atoms with Crippen LogP contribution in [-0.4, -0.2) is 47.1 Å². The van der Waals surface area contributed by atoms with Crippen LogP contribution in [0.4, 0.5) is 4.79 Å². The Kier molecular flexibility index (Phi) is 6.17. The summed E-state index contributed by atoms with van der Waals surface area (Å²) in [5.74, 6) is 0.0571. The minimum absolute atomic E-state index is 0.00886. The van der Waals surface area contributed by atoms with E-state index in [-0.39, 0.29) is 11.8 Å². The second kappa shape index (κ2) is 7.16. The predicted octanol–water partition coefficient (Wildman–Crippen LogP) is 1.79. The Morgan fingerprint density at radius 2 is 2.17 bits per heavy atom. The summed E-state index contributed by atoms with van der Waals surface area (Å²) in [5.41, 5.74) is 0. The zero-order valence-electron chi connectivity index (χ0n) is 11.1. The highest BCUT2D eigenvalue weighted by molar-refractivity contribution is 14.1. The van der Waals surface area contributed by atoms with Crippen LogP contribution in [0.5, 0.6) is 0 Å². The molecule has 2 amide bonds. The van der Waals surface area contributed by atoms with E-state index in [1.54, 1.807) is 0 Å². The van der Waals surface area contributed by atoms with E-state index in [1.807, 2.05) is 18.7 Å². The molecule has 104 valence electrons. The first-order chi connectivity index (χ1) is 8.51. The summed E-state index contributed by atoms with van der Waals surface area (Å²) in [5, 5.41) is 2.63. The number of carbonyl (C=O) groups is 2. The Labute approximate surface area is 122 Å². The lowest BCUT2D eigenvalue weighted by Crippen LogP contribution is -2.52.